The Balaban J connectivity index is 1.95. The highest BCUT2D eigenvalue weighted by Gasteiger charge is 2.43. The minimum absolute atomic E-state index is 0.00374. The molecule has 19 heavy (non-hydrogen) atoms. The maximum absolute atomic E-state index is 12.4. The Bertz CT molecular complexity index is 494. The van der Waals surface area contributed by atoms with Gasteiger partial charge in [0.15, 0.2) is 0 Å². The Morgan fingerprint density at radius 3 is 2.79 bits per heavy atom. The van der Waals surface area contributed by atoms with Crippen molar-refractivity contribution < 1.29 is 14.7 Å². The number of hydrogen-bond acceptors (Lipinski definition) is 4. The fourth-order valence-corrected chi connectivity index (χ4v) is 3.13. The highest BCUT2D eigenvalue weighted by atomic mass is 16.3. The predicted molar refractivity (Wildman–Crippen MR) is 67.6 cm³/mol. The SMILES string of the molecule is O=C1c2cccnc2C(=O)N1C1CCCCC1CO. The molecule has 1 aromatic heterocycles. The van der Waals surface area contributed by atoms with Gasteiger partial charge >= 0.3 is 0 Å². The average Bonchev–Trinajstić information content (AvgIpc) is 2.71. The number of aliphatic hydroxyl groups is 1. The summed E-state index contributed by atoms with van der Waals surface area (Å²) < 4.78 is 0. The summed E-state index contributed by atoms with van der Waals surface area (Å²) in [5.74, 6) is -0.583. The molecule has 1 N–H and O–H groups in total. The van der Waals surface area contributed by atoms with Crippen molar-refractivity contribution in [2.45, 2.75) is 31.7 Å². The van der Waals surface area contributed by atoms with Crippen molar-refractivity contribution in [3.05, 3.63) is 29.6 Å². The largest absolute Gasteiger partial charge is 0.396 e. The van der Waals surface area contributed by atoms with Crippen LogP contribution < -0.4 is 0 Å². The van der Waals surface area contributed by atoms with Gasteiger partial charge in [-0.2, -0.15) is 0 Å². The van der Waals surface area contributed by atoms with Crippen molar-refractivity contribution >= 4 is 11.8 Å². The average molecular weight is 260 g/mol. The smallest absolute Gasteiger partial charge is 0.280 e. The van der Waals surface area contributed by atoms with E-state index < -0.39 is 0 Å². The highest BCUT2D eigenvalue weighted by molar-refractivity contribution is 6.20. The van der Waals surface area contributed by atoms with Crippen LogP contribution in [0.2, 0.25) is 0 Å². The van der Waals surface area contributed by atoms with E-state index in [1.54, 1.807) is 12.1 Å². The second-order valence-electron chi connectivity index (χ2n) is 5.17. The number of aromatic nitrogens is 1. The van der Waals surface area contributed by atoms with Crippen molar-refractivity contribution in [2.24, 2.45) is 5.92 Å². The Morgan fingerprint density at radius 1 is 1.26 bits per heavy atom. The van der Waals surface area contributed by atoms with E-state index in [2.05, 4.69) is 4.98 Å². The van der Waals surface area contributed by atoms with Crippen LogP contribution in [0.4, 0.5) is 0 Å². The number of carbonyl (C=O) groups excluding carboxylic acids is 2. The van der Waals surface area contributed by atoms with Crippen LogP contribution >= 0.6 is 0 Å². The molecular formula is C14H16N2O3. The first-order chi connectivity index (χ1) is 9.24. The van der Waals surface area contributed by atoms with Crippen LogP contribution in [-0.4, -0.2) is 39.5 Å². The van der Waals surface area contributed by atoms with Crippen LogP contribution in [0.25, 0.3) is 0 Å². The summed E-state index contributed by atoms with van der Waals surface area (Å²) in [5.41, 5.74) is 0.629. The third kappa shape index (κ3) is 1.85. The van der Waals surface area contributed by atoms with Crippen LogP contribution in [0.15, 0.2) is 18.3 Å². The first kappa shape index (κ1) is 12.3. The molecule has 1 aromatic rings. The normalized spacial score (nSPS) is 26.7. The zero-order valence-electron chi connectivity index (χ0n) is 10.6. The number of imide groups is 1. The van der Waals surface area contributed by atoms with Crippen molar-refractivity contribution in [3.8, 4) is 0 Å². The summed E-state index contributed by atoms with van der Waals surface area (Å²) in [5, 5.41) is 9.45. The Kier molecular flexibility index (Phi) is 3.06. The molecule has 5 nitrogen and oxygen atoms in total. The first-order valence-corrected chi connectivity index (χ1v) is 6.68. The minimum atomic E-state index is -0.314. The third-order valence-corrected chi connectivity index (χ3v) is 4.11. The van der Waals surface area contributed by atoms with Gasteiger partial charge in [0.2, 0.25) is 0 Å². The van der Waals surface area contributed by atoms with Crippen LogP contribution in [0, 0.1) is 5.92 Å². The summed E-state index contributed by atoms with van der Waals surface area (Å²) in [7, 11) is 0. The topological polar surface area (TPSA) is 70.5 Å². The molecule has 2 heterocycles. The molecule has 2 atom stereocenters. The Hall–Kier alpha value is -1.75. The van der Waals surface area contributed by atoms with Gasteiger partial charge in [0, 0.05) is 24.8 Å². The molecule has 2 unspecified atom stereocenters. The molecule has 2 amide bonds. The van der Waals surface area contributed by atoms with Gasteiger partial charge in [-0.15, -0.1) is 0 Å². The number of aliphatic hydroxyl groups excluding tert-OH is 1. The van der Waals surface area contributed by atoms with E-state index in [0.29, 0.717) is 5.56 Å². The summed E-state index contributed by atoms with van der Waals surface area (Å²) in [6.45, 7) is 0.0193. The van der Waals surface area contributed by atoms with E-state index in [1.807, 2.05) is 0 Å². The predicted octanol–water partition coefficient (Wildman–Crippen LogP) is 1.23. The molecule has 5 heteroatoms. The quantitative estimate of drug-likeness (QED) is 0.812. The molecule has 0 bridgehead atoms. The molecule has 1 saturated carbocycles. The maximum atomic E-state index is 12.4. The number of nitrogens with zero attached hydrogens (tertiary/aromatic N) is 2. The zero-order chi connectivity index (χ0) is 13.4. The number of pyridine rings is 1. The van der Waals surface area contributed by atoms with Crippen LogP contribution in [0.5, 0.6) is 0 Å². The van der Waals surface area contributed by atoms with E-state index in [4.69, 9.17) is 0 Å². The van der Waals surface area contributed by atoms with E-state index >= 15 is 0 Å². The lowest BCUT2D eigenvalue weighted by Crippen LogP contribution is -2.46. The molecule has 1 aliphatic heterocycles. The minimum Gasteiger partial charge on any atom is -0.396 e. The number of carbonyl (C=O) groups is 2. The molecular weight excluding hydrogens is 244 g/mol. The molecule has 0 spiro atoms. The van der Waals surface area contributed by atoms with E-state index in [-0.39, 0.29) is 36.1 Å². The van der Waals surface area contributed by atoms with Gasteiger partial charge in [0.25, 0.3) is 11.8 Å². The van der Waals surface area contributed by atoms with E-state index in [0.717, 1.165) is 25.7 Å². The molecule has 100 valence electrons. The molecule has 3 rings (SSSR count). The molecule has 0 saturated heterocycles. The summed E-state index contributed by atoms with van der Waals surface area (Å²) in [6.07, 6.45) is 5.20. The lowest BCUT2D eigenvalue weighted by Gasteiger charge is -2.35. The maximum Gasteiger partial charge on any atom is 0.280 e. The number of amides is 2. The molecule has 1 fully saturated rings. The summed E-state index contributed by atoms with van der Waals surface area (Å²) >= 11 is 0. The second kappa shape index (κ2) is 4.74. The van der Waals surface area contributed by atoms with Gasteiger partial charge in [-0.1, -0.05) is 12.8 Å². The van der Waals surface area contributed by atoms with Crippen molar-refractivity contribution in [3.63, 3.8) is 0 Å². The zero-order valence-corrected chi connectivity index (χ0v) is 10.6. The summed E-state index contributed by atoms with van der Waals surface area (Å²) in [4.78, 5) is 30.0. The van der Waals surface area contributed by atoms with Crippen LogP contribution in [-0.2, 0) is 0 Å². The van der Waals surface area contributed by atoms with E-state index in [9.17, 15) is 14.7 Å². The van der Waals surface area contributed by atoms with Crippen LogP contribution in [0.3, 0.4) is 0 Å². The standard InChI is InChI=1S/C14H16N2O3/c17-8-9-4-1-2-6-11(9)16-13(18)10-5-3-7-15-12(10)14(16)19/h3,5,7,9,11,17H,1-2,4,6,8H2. The lowest BCUT2D eigenvalue weighted by molar-refractivity contribution is 0.0398. The van der Waals surface area contributed by atoms with Gasteiger partial charge in [0.05, 0.1) is 5.56 Å². The summed E-state index contributed by atoms with van der Waals surface area (Å²) in [6, 6.07) is 3.12. The Morgan fingerprint density at radius 2 is 2.05 bits per heavy atom. The molecule has 0 aromatic carbocycles. The monoisotopic (exact) mass is 260 g/mol. The number of rotatable bonds is 2. The van der Waals surface area contributed by atoms with Crippen LogP contribution in [0.1, 0.15) is 46.5 Å². The Labute approximate surface area is 111 Å². The van der Waals surface area contributed by atoms with Gasteiger partial charge < -0.3 is 5.11 Å². The molecule has 2 aliphatic rings. The van der Waals surface area contributed by atoms with Crippen molar-refractivity contribution in [1.82, 2.24) is 9.88 Å². The second-order valence-corrected chi connectivity index (χ2v) is 5.17. The fourth-order valence-electron chi connectivity index (χ4n) is 3.13. The van der Waals surface area contributed by atoms with Crippen molar-refractivity contribution in [2.75, 3.05) is 6.61 Å². The lowest BCUT2D eigenvalue weighted by atomic mass is 9.84. The molecule has 0 radical (unpaired) electrons. The third-order valence-electron chi connectivity index (χ3n) is 4.11. The van der Waals surface area contributed by atoms with Gasteiger partial charge in [0.1, 0.15) is 5.69 Å². The molecule has 1 aliphatic carbocycles. The number of fused-ring (bicyclic) bond motifs is 1. The van der Waals surface area contributed by atoms with Gasteiger partial charge in [-0.3, -0.25) is 19.5 Å². The number of hydrogen-bond donors (Lipinski definition) is 1. The van der Waals surface area contributed by atoms with E-state index in [1.165, 1.54) is 11.1 Å². The first-order valence-electron chi connectivity index (χ1n) is 6.68. The fraction of sp³-hybridized carbons (Fsp3) is 0.500. The van der Waals surface area contributed by atoms with Gasteiger partial charge in [-0.25, -0.2) is 0 Å². The highest BCUT2D eigenvalue weighted by Crippen LogP contribution is 2.33. The van der Waals surface area contributed by atoms with Crippen molar-refractivity contribution in [1.29, 1.82) is 0 Å². The van der Waals surface area contributed by atoms with Gasteiger partial charge in [-0.05, 0) is 25.0 Å².